The van der Waals surface area contributed by atoms with E-state index in [1.54, 1.807) is 25.1 Å². The van der Waals surface area contributed by atoms with Crippen LogP contribution < -0.4 is 10.5 Å². The predicted molar refractivity (Wildman–Crippen MR) is 160 cm³/mol. The van der Waals surface area contributed by atoms with Crippen molar-refractivity contribution in [2.75, 3.05) is 14.1 Å². The second-order valence-electron chi connectivity index (χ2n) is 12.0. The average Bonchev–Trinajstić information content (AvgIpc) is 3.01. The highest BCUT2D eigenvalue weighted by atomic mass is 16.5. The summed E-state index contributed by atoms with van der Waals surface area (Å²) in [6, 6.07) is 23.2. The number of hydrogen-bond donors (Lipinski definition) is 2. The van der Waals surface area contributed by atoms with Crippen molar-refractivity contribution in [1.82, 2.24) is 4.90 Å². The zero-order valence-corrected chi connectivity index (χ0v) is 24.6. The lowest BCUT2D eigenvalue weighted by Gasteiger charge is -2.52. The van der Waals surface area contributed by atoms with Crippen LogP contribution in [0.3, 0.4) is 0 Å². The monoisotopic (exact) mass is 594 g/mol. The molecule has 1 amide bonds. The largest absolute Gasteiger partial charge is 0.491 e. The van der Waals surface area contributed by atoms with E-state index >= 15 is 0 Å². The Morgan fingerprint density at radius 1 is 0.909 bits per heavy atom. The van der Waals surface area contributed by atoms with Crippen molar-refractivity contribution in [3.63, 3.8) is 0 Å². The fourth-order valence-electron chi connectivity index (χ4n) is 7.11. The molecule has 44 heavy (non-hydrogen) atoms. The summed E-state index contributed by atoms with van der Waals surface area (Å²) in [5, 5.41) is 12.1. The first kappa shape index (κ1) is 29.5. The molecule has 1 saturated carbocycles. The third-order valence-electron chi connectivity index (χ3n) is 9.09. The lowest BCUT2D eigenvalue weighted by molar-refractivity contribution is -0.170. The predicted octanol–water partition coefficient (Wildman–Crippen LogP) is 3.03. The van der Waals surface area contributed by atoms with Gasteiger partial charge in [-0.3, -0.25) is 24.1 Å². The van der Waals surface area contributed by atoms with Gasteiger partial charge in [0, 0.05) is 5.92 Å². The number of benzene rings is 3. The minimum Gasteiger partial charge on any atom is -0.491 e. The van der Waals surface area contributed by atoms with Gasteiger partial charge >= 0.3 is 0 Å². The molecule has 226 valence electrons. The lowest BCUT2D eigenvalue weighted by Crippen LogP contribution is -2.69. The van der Waals surface area contributed by atoms with E-state index in [9.17, 15) is 24.3 Å². The van der Waals surface area contributed by atoms with Crippen molar-refractivity contribution < 1.29 is 33.8 Å². The quantitative estimate of drug-likeness (QED) is 0.300. The van der Waals surface area contributed by atoms with Gasteiger partial charge in [0.1, 0.15) is 30.3 Å². The Kier molecular flexibility index (Phi) is 7.69. The molecule has 1 fully saturated rings. The van der Waals surface area contributed by atoms with E-state index in [1.165, 1.54) is 0 Å². The lowest BCUT2D eigenvalue weighted by atomic mass is 9.54. The number of hydrogen-bond acceptors (Lipinski definition) is 8. The molecule has 1 unspecified atom stereocenters. The van der Waals surface area contributed by atoms with Crippen molar-refractivity contribution in [3.8, 4) is 5.75 Å². The first-order valence-electron chi connectivity index (χ1n) is 14.6. The number of Topliss-reactive ketones (excluding diaryl/α,β-unsaturated/α-hetero) is 3. The molecule has 5 atom stereocenters. The molecule has 0 aromatic heterocycles. The standard InChI is InChI=1S/C35H34N2O7/c1-37(2)29-24-17-23-16-22-14-9-15-25(43-18-20-10-5-3-6-11-20)26(22)30(38)27(23)32(39)35(24,42)33(40)28(34(36)41)31(29)44-19-21-12-7-4-8-13-21/h3-15,23-24,27,29,42H,16-19H2,1-2H3,(H2,36,41)/t23-,24-,27?,29-,35-/m0/s1. The summed E-state index contributed by atoms with van der Waals surface area (Å²) in [7, 11) is 3.44. The Hall–Kier alpha value is -4.60. The summed E-state index contributed by atoms with van der Waals surface area (Å²) >= 11 is 0. The fourth-order valence-corrected chi connectivity index (χ4v) is 7.11. The van der Waals surface area contributed by atoms with Gasteiger partial charge < -0.3 is 20.3 Å². The minimum absolute atomic E-state index is 0.0245. The van der Waals surface area contributed by atoms with Crippen molar-refractivity contribution in [3.05, 3.63) is 112 Å². The maximum atomic E-state index is 14.3. The molecule has 0 saturated heterocycles. The molecular weight excluding hydrogens is 560 g/mol. The summed E-state index contributed by atoms with van der Waals surface area (Å²) < 4.78 is 12.2. The third kappa shape index (κ3) is 4.82. The highest BCUT2D eigenvalue weighted by molar-refractivity contribution is 6.32. The van der Waals surface area contributed by atoms with Crippen LogP contribution in [0.15, 0.2) is 90.2 Å². The Labute approximate surface area is 255 Å². The van der Waals surface area contributed by atoms with Crippen LogP contribution in [-0.4, -0.2) is 59.0 Å². The van der Waals surface area contributed by atoms with Crippen LogP contribution in [0.5, 0.6) is 5.75 Å². The number of fused-ring (bicyclic) bond motifs is 3. The van der Waals surface area contributed by atoms with Crippen molar-refractivity contribution in [1.29, 1.82) is 0 Å². The second kappa shape index (κ2) is 11.5. The Morgan fingerprint density at radius 3 is 2.11 bits per heavy atom. The molecule has 3 aromatic rings. The highest BCUT2D eigenvalue weighted by Gasteiger charge is 2.67. The zero-order chi connectivity index (χ0) is 31.2. The maximum Gasteiger partial charge on any atom is 0.255 e. The highest BCUT2D eigenvalue weighted by Crippen LogP contribution is 2.51. The van der Waals surface area contributed by atoms with Crippen LogP contribution in [0.2, 0.25) is 0 Å². The summed E-state index contributed by atoms with van der Waals surface area (Å²) in [5.74, 6) is -6.00. The summed E-state index contributed by atoms with van der Waals surface area (Å²) in [6.45, 7) is 0.271. The van der Waals surface area contributed by atoms with Crippen molar-refractivity contribution in [2.45, 2.75) is 37.7 Å². The number of aliphatic hydroxyl groups is 1. The summed E-state index contributed by atoms with van der Waals surface area (Å²) in [6.07, 6.45) is 0.555. The van der Waals surface area contributed by atoms with Gasteiger partial charge in [-0.05, 0) is 55.6 Å². The number of carbonyl (C=O) groups is 4. The van der Waals surface area contributed by atoms with Crippen molar-refractivity contribution >= 4 is 23.3 Å². The molecule has 9 heteroatoms. The number of primary amides is 1. The molecule has 9 nitrogen and oxygen atoms in total. The molecular formula is C35H34N2O7. The molecule has 0 aliphatic heterocycles. The van der Waals surface area contributed by atoms with Crippen LogP contribution in [0.4, 0.5) is 0 Å². The van der Waals surface area contributed by atoms with Gasteiger partial charge in [0.25, 0.3) is 5.91 Å². The van der Waals surface area contributed by atoms with E-state index in [1.807, 2.05) is 72.8 Å². The zero-order valence-electron chi connectivity index (χ0n) is 24.6. The van der Waals surface area contributed by atoms with E-state index in [-0.39, 0.29) is 31.0 Å². The van der Waals surface area contributed by atoms with Crippen molar-refractivity contribution in [2.24, 2.45) is 23.5 Å². The molecule has 0 heterocycles. The number of ketones is 3. The second-order valence-corrected chi connectivity index (χ2v) is 12.0. The SMILES string of the molecule is CN(C)[C@@H]1C(OCc2ccccc2)=C(C(N)=O)C(=O)[C@@]2(O)C(=O)C3C(=O)c4c(cccc4OCc4ccccc4)C[C@H]3C[C@@H]12. The number of ether oxygens (including phenoxy) is 2. The van der Waals surface area contributed by atoms with E-state index < -0.39 is 58.2 Å². The summed E-state index contributed by atoms with van der Waals surface area (Å²) in [5.41, 5.74) is 5.26. The van der Waals surface area contributed by atoms with Gasteiger partial charge in [-0.2, -0.15) is 0 Å². The molecule has 3 N–H and O–H groups in total. The number of nitrogens with zero attached hydrogens (tertiary/aromatic N) is 1. The molecule has 3 aliphatic rings. The van der Waals surface area contributed by atoms with E-state index in [0.717, 1.165) is 16.7 Å². The Morgan fingerprint density at radius 2 is 1.52 bits per heavy atom. The van der Waals surface area contributed by atoms with Gasteiger partial charge in [0.05, 0.1) is 17.5 Å². The third-order valence-corrected chi connectivity index (χ3v) is 9.09. The van der Waals surface area contributed by atoms with E-state index in [2.05, 4.69) is 0 Å². The van der Waals surface area contributed by atoms with Crippen LogP contribution >= 0.6 is 0 Å². The molecule has 0 bridgehead atoms. The molecule has 0 spiro atoms. The number of amides is 1. The topological polar surface area (TPSA) is 136 Å². The van der Waals surface area contributed by atoms with Crippen LogP contribution in [0, 0.1) is 17.8 Å². The molecule has 6 rings (SSSR count). The average molecular weight is 595 g/mol. The van der Waals surface area contributed by atoms with E-state index in [0.29, 0.717) is 12.2 Å². The normalized spacial score (nSPS) is 26.1. The van der Waals surface area contributed by atoms with Gasteiger partial charge in [-0.25, -0.2) is 0 Å². The fraction of sp³-hybridized carbons (Fsp3) is 0.314. The van der Waals surface area contributed by atoms with Crippen LogP contribution in [-0.2, 0) is 38.8 Å². The first-order valence-corrected chi connectivity index (χ1v) is 14.6. The number of nitrogens with two attached hydrogens (primary N) is 1. The van der Waals surface area contributed by atoms with E-state index in [4.69, 9.17) is 15.2 Å². The minimum atomic E-state index is -2.63. The molecule has 0 radical (unpaired) electrons. The first-order chi connectivity index (χ1) is 21.1. The van der Waals surface area contributed by atoms with Gasteiger partial charge in [-0.1, -0.05) is 72.8 Å². The molecule has 3 aliphatic carbocycles. The smallest absolute Gasteiger partial charge is 0.255 e. The summed E-state index contributed by atoms with van der Waals surface area (Å²) in [4.78, 5) is 56.9. The van der Waals surface area contributed by atoms with Crippen LogP contribution in [0.25, 0.3) is 0 Å². The van der Waals surface area contributed by atoms with Gasteiger partial charge in [0.15, 0.2) is 17.2 Å². The Balaban J connectivity index is 1.38. The number of carbonyl (C=O) groups excluding carboxylic acids is 4. The number of rotatable bonds is 8. The van der Waals surface area contributed by atoms with Crippen LogP contribution in [0.1, 0.15) is 33.5 Å². The van der Waals surface area contributed by atoms with Gasteiger partial charge in [-0.15, -0.1) is 0 Å². The Bertz CT molecular complexity index is 1670. The molecule has 3 aromatic carbocycles. The number of likely N-dealkylation sites (N-methyl/N-ethyl adjacent to an activating group) is 1. The maximum absolute atomic E-state index is 14.3. The van der Waals surface area contributed by atoms with Gasteiger partial charge in [0.2, 0.25) is 5.78 Å².